The zero-order valence-corrected chi connectivity index (χ0v) is 18.0. The number of anilines is 1. The molecule has 0 unspecified atom stereocenters. The van der Waals surface area contributed by atoms with E-state index >= 15 is 0 Å². The molecule has 0 N–H and O–H groups in total. The third-order valence-electron chi connectivity index (χ3n) is 6.72. The van der Waals surface area contributed by atoms with Crippen molar-refractivity contribution < 1.29 is 0 Å². The van der Waals surface area contributed by atoms with Crippen molar-refractivity contribution in [3.05, 3.63) is 58.4 Å². The molecule has 2 aliphatic heterocycles. The van der Waals surface area contributed by atoms with Crippen molar-refractivity contribution in [2.24, 2.45) is 5.41 Å². The minimum absolute atomic E-state index is 0.371. The average molecular weight is 422 g/mol. The van der Waals surface area contributed by atoms with Crippen LogP contribution < -0.4 is 4.90 Å². The number of aromatic nitrogens is 5. The van der Waals surface area contributed by atoms with E-state index in [2.05, 4.69) is 53.7 Å². The largest absolute Gasteiger partial charge is 0.340 e. The van der Waals surface area contributed by atoms with Crippen LogP contribution in [0.5, 0.6) is 0 Å². The van der Waals surface area contributed by atoms with Gasteiger partial charge in [0.05, 0.1) is 12.2 Å². The predicted molar refractivity (Wildman–Crippen MR) is 115 cm³/mol. The fraction of sp³-hybridized carbons (Fsp3) is 0.455. The van der Waals surface area contributed by atoms with E-state index in [1.807, 2.05) is 25.4 Å². The maximum absolute atomic E-state index is 6.28. The molecule has 1 saturated carbocycles. The Labute approximate surface area is 180 Å². The molecule has 0 atom stereocenters. The van der Waals surface area contributed by atoms with Gasteiger partial charge in [-0.1, -0.05) is 11.6 Å². The Morgan fingerprint density at radius 1 is 1.07 bits per heavy atom. The van der Waals surface area contributed by atoms with Crippen LogP contribution in [0.4, 0.5) is 5.95 Å². The average Bonchev–Trinajstić information content (AvgIpc) is 2.97. The van der Waals surface area contributed by atoms with Crippen molar-refractivity contribution in [2.75, 3.05) is 25.0 Å². The molecule has 1 aromatic carbocycles. The predicted octanol–water partition coefficient (Wildman–Crippen LogP) is 3.35. The molecule has 7 nitrogen and oxygen atoms in total. The molecular formula is C22H24ClN7. The first-order valence-electron chi connectivity index (χ1n) is 10.4. The van der Waals surface area contributed by atoms with Crippen LogP contribution >= 0.6 is 11.6 Å². The van der Waals surface area contributed by atoms with Crippen molar-refractivity contribution in [3.63, 3.8) is 0 Å². The molecule has 4 heterocycles. The highest BCUT2D eigenvalue weighted by Crippen LogP contribution is 2.56. The summed E-state index contributed by atoms with van der Waals surface area (Å²) in [5.41, 5.74) is 3.86. The highest BCUT2D eigenvalue weighted by atomic mass is 35.5. The molecule has 0 radical (unpaired) electrons. The van der Waals surface area contributed by atoms with E-state index in [-0.39, 0.29) is 0 Å². The normalized spacial score (nSPS) is 20.3. The van der Waals surface area contributed by atoms with E-state index in [0.717, 1.165) is 67.2 Å². The molecule has 1 aliphatic carbocycles. The van der Waals surface area contributed by atoms with Gasteiger partial charge in [0.15, 0.2) is 5.82 Å². The highest BCUT2D eigenvalue weighted by molar-refractivity contribution is 6.30. The maximum Gasteiger partial charge on any atom is 0.225 e. The first kappa shape index (κ1) is 18.3. The molecule has 3 aromatic rings. The summed E-state index contributed by atoms with van der Waals surface area (Å²) in [6, 6.07) is 6.15. The lowest BCUT2D eigenvalue weighted by atomic mass is 9.57. The summed E-state index contributed by atoms with van der Waals surface area (Å²) >= 11 is 6.28. The van der Waals surface area contributed by atoms with Gasteiger partial charge in [0.2, 0.25) is 5.95 Å². The summed E-state index contributed by atoms with van der Waals surface area (Å²) in [5, 5.41) is 9.98. The molecule has 6 rings (SSSR count). The summed E-state index contributed by atoms with van der Waals surface area (Å²) in [5.74, 6) is 3.40. The number of halogens is 1. The summed E-state index contributed by atoms with van der Waals surface area (Å²) in [7, 11) is 2.11. The molecule has 2 fully saturated rings. The first-order valence-corrected chi connectivity index (χ1v) is 10.8. The zero-order valence-electron chi connectivity index (χ0n) is 17.2. The summed E-state index contributed by atoms with van der Waals surface area (Å²) in [6.45, 7) is 5.72. The van der Waals surface area contributed by atoms with Gasteiger partial charge in [0.25, 0.3) is 0 Å². The number of hydrogen-bond donors (Lipinski definition) is 0. The lowest BCUT2D eigenvalue weighted by Crippen LogP contribution is -2.62. The number of benzene rings is 1. The van der Waals surface area contributed by atoms with Crippen molar-refractivity contribution in [1.82, 2.24) is 29.6 Å². The second kappa shape index (κ2) is 6.49. The van der Waals surface area contributed by atoms with Crippen molar-refractivity contribution >= 4 is 17.5 Å². The van der Waals surface area contributed by atoms with Gasteiger partial charge in [0, 0.05) is 48.4 Å². The van der Waals surface area contributed by atoms with Crippen LogP contribution in [-0.4, -0.2) is 49.8 Å². The quantitative estimate of drug-likeness (QED) is 0.632. The van der Waals surface area contributed by atoms with E-state index in [1.54, 1.807) is 0 Å². The summed E-state index contributed by atoms with van der Waals surface area (Å²) < 4.78 is 2.28. The smallest absolute Gasteiger partial charge is 0.225 e. The number of fused-ring (bicyclic) bond motifs is 3. The molecule has 2 aromatic heterocycles. The monoisotopic (exact) mass is 421 g/mol. The van der Waals surface area contributed by atoms with Crippen LogP contribution in [0.15, 0.2) is 30.6 Å². The molecular weight excluding hydrogens is 398 g/mol. The Kier molecular flexibility index (Phi) is 3.95. The molecule has 1 saturated heterocycles. The molecule has 8 heteroatoms. The first-order chi connectivity index (χ1) is 14.5. The molecule has 1 spiro atoms. The standard InChI is InChI=1S/C22H24ClN7/c1-14-8-24-21(25-9-14)29-12-22(13-29)6-16(7-22)20-27-26-19-11-28(2)10-15-5-17(23)3-4-18(15)30(19)20/h3-5,8-9,16H,6-7,10-13H2,1-2H3. The Hall–Kier alpha value is -2.51. The summed E-state index contributed by atoms with van der Waals surface area (Å²) in [4.78, 5) is 13.5. The minimum Gasteiger partial charge on any atom is -0.340 e. The number of rotatable bonds is 2. The second-order valence-electron chi connectivity index (χ2n) is 9.28. The zero-order chi connectivity index (χ0) is 20.5. The van der Waals surface area contributed by atoms with Gasteiger partial charge in [-0.2, -0.15) is 0 Å². The van der Waals surface area contributed by atoms with Crippen molar-refractivity contribution in [1.29, 1.82) is 0 Å². The van der Waals surface area contributed by atoms with Crippen LogP contribution in [0.1, 0.15) is 41.5 Å². The second-order valence-corrected chi connectivity index (χ2v) is 9.71. The van der Waals surface area contributed by atoms with Gasteiger partial charge in [-0.25, -0.2) is 9.97 Å². The van der Waals surface area contributed by atoms with E-state index in [4.69, 9.17) is 11.6 Å². The third-order valence-corrected chi connectivity index (χ3v) is 6.95. The van der Waals surface area contributed by atoms with Gasteiger partial charge in [-0.15, -0.1) is 10.2 Å². The van der Waals surface area contributed by atoms with Crippen LogP contribution in [0.2, 0.25) is 5.02 Å². The van der Waals surface area contributed by atoms with E-state index < -0.39 is 0 Å². The van der Waals surface area contributed by atoms with Gasteiger partial charge in [-0.05, 0) is 56.1 Å². The van der Waals surface area contributed by atoms with Gasteiger partial charge < -0.3 is 4.90 Å². The van der Waals surface area contributed by atoms with E-state index in [1.165, 1.54) is 11.3 Å². The van der Waals surface area contributed by atoms with Crippen LogP contribution in [0.25, 0.3) is 5.69 Å². The molecule has 30 heavy (non-hydrogen) atoms. The van der Waals surface area contributed by atoms with Crippen LogP contribution in [-0.2, 0) is 13.1 Å². The van der Waals surface area contributed by atoms with E-state index in [9.17, 15) is 0 Å². The van der Waals surface area contributed by atoms with E-state index in [0.29, 0.717) is 11.3 Å². The molecule has 3 aliphatic rings. The number of nitrogens with zero attached hydrogens (tertiary/aromatic N) is 7. The number of aryl methyl sites for hydroxylation is 1. The van der Waals surface area contributed by atoms with Crippen LogP contribution in [0.3, 0.4) is 0 Å². The van der Waals surface area contributed by atoms with Gasteiger partial charge in [-0.3, -0.25) is 9.47 Å². The minimum atomic E-state index is 0.371. The lowest BCUT2D eigenvalue weighted by molar-refractivity contribution is 0.0575. The fourth-order valence-electron chi connectivity index (χ4n) is 5.33. The molecule has 0 bridgehead atoms. The third kappa shape index (κ3) is 2.83. The van der Waals surface area contributed by atoms with Gasteiger partial charge >= 0.3 is 0 Å². The molecule has 0 amide bonds. The number of hydrogen-bond acceptors (Lipinski definition) is 6. The van der Waals surface area contributed by atoms with Crippen LogP contribution in [0, 0.1) is 12.3 Å². The fourth-order valence-corrected chi connectivity index (χ4v) is 5.52. The SMILES string of the molecule is Cc1cnc(N2CC3(CC(c4nnc5n4-c4ccc(Cl)cc4CN(C)C5)C3)C2)nc1. The summed E-state index contributed by atoms with van der Waals surface area (Å²) in [6.07, 6.45) is 6.07. The Bertz CT molecular complexity index is 1110. The topological polar surface area (TPSA) is 63.0 Å². The maximum atomic E-state index is 6.28. The lowest BCUT2D eigenvalue weighted by Gasteiger charge is -2.58. The van der Waals surface area contributed by atoms with Gasteiger partial charge in [0.1, 0.15) is 5.82 Å². The Morgan fingerprint density at radius 3 is 2.60 bits per heavy atom. The van der Waals surface area contributed by atoms with Crippen molar-refractivity contribution in [3.8, 4) is 5.69 Å². The molecule has 154 valence electrons. The Balaban J connectivity index is 1.23. The highest BCUT2D eigenvalue weighted by Gasteiger charge is 2.54. The van der Waals surface area contributed by atoms with Crippen molar-refractivity contribution in [2.45, 2.75) is 38.8 Å². The Morgan fingerprint density at radius 2 is 1.83 bits per heavy atom.